The molecule has 11 heavy (non-hydrogen) atoms. The largest absolute Gasteiger partial charge is 0.393 e. The van der Waals surface area contributed by atoms with Gasteiger partial charge in [0.25, 0.3) is 5.70 Å². The number of hydrogen-bond donors (Lipinski definition) is 1. The van der Waals surface area contributed by atoms with Crippen molar-refractivity contribution in [3.8, 4) is 0 Å². The van der Waals surface area contributed by atoms with E-state index >= 15 is 0 Å². The predicted octanol–water partition coefficient (Wildman–Crippen LogP) is 1.03. The van der Waals surface area contributed by atoms with Gasteiger partial charge in [-0.15, -0.1) is 0 Å². The number of nitrogens with two attached hydrogens (primary N) is 1. The molecule has 1 fully saturated rings. The van der Waals surface area contributed by atoms with Crippen LogP contribution in [0.5, 0.6) is 0 Å². The number of nitro groups is 1. The fraction of sp³-hybridized carbons (Fsp3) is 0.429. The minimum Gasteiger partial charge on any atom is -0.393 e. The van der Waals surface area contributed by atoms with E-state index in [4.69, 9.17) is 5.73 Å². The maximum atomic E-state index is 10.2. The lowest BCUT2D eigenvalue weighted by Crippen LogP contribution is -2.08. The van der Waals surface area contributed by atoms with Crippen molar-refractivity contribution in [1.82, 2.24) is 0 Å². The van der Waals surface area contributed by atoms with Crippen LogP contribution in [0.2, 0.25) is 0 Å². The van der Waals surface area contributed by atoms with Crippen molar-refractivity contribution in [1.29, 1.82) is 0 Å². The molecule has 4 heteroatoms. The summed E-state index contributed by atoms with van der Waals surface area (Å²) < 4.78 is 0. The Morgan fingerprint density at radius 3 is 2.64 bits per heavy atom. The summed E-state index contributed by atoms with van der Waals surface area (Å²) in [6.07, 6.45) is 0.874. The third-order valence-corrected chi connectivity index (χ3v) is 1.84. The van der Waals surface area contributed by atoms with Gasteiger partial charge in [-0.2, -0.15) is 0 Å². The summed E-state index contributed by atoms with van der Waals surface area (Å²) in [6, 6.07) is 0. The minimum absolute atomic E-state index is 0.177. The molecule has 0 aromatic rings. The monoisotopic (exact) mass is 154 g/mol. The van der Waals surface area contributed by atoms with Gasteiger partial charge in [-0.3, -0.25) is 10.1 Å². The molecule has 1 aliphatic rings. The summed E-state index contributed by atoms with van der Waals surface area (Å²) in [6.45, 7) is 5.25. The van der Waals surface area contributed by atoms with Gasteiger partial charge in [-0.25, -0.2) is 0 Å². The molecular weight excluding hydrogens is 144 g/mol. The molecule has 60 valence electrons. The lowest BCUT2D eigenvalue weighted by Gasteiger charge is -1.93. The molecule has 0 heterocycles. The molecule has 2 N–H and O–H groups in total. The van der Waals surface area contributed by atoms with Crippen molar-refractivity contribution in [3.63, 3.8) is 0 Å². The van der Waals surface area contributed by atoms with Gasteiger partial charge in [0.1, 0.15) is 5.70 Å². The molecule has 0 bridgehead atoms. The van der Waals surface area contributed by atoms with E-state index in [1.54, 1.807) is 0 Å². The zero-order valence-electron chi connectivity index (χ0n) is 6.33. The number of hydrogen-bond acceptors (Lipinski definition) is 3. The van der Waals surface area contributed by atoms with E-state index in [-0.39, 0.29) is 11.4 Å². The first-order valence-corrected chi connectivity index (χ1v) is 3.36. The van der Waals surface area contributed by atoms with Crippen LogP contribution in [0.4, 0.5) is 0 Å². The van der Waals surface area contributed by atoms with Crippen LogP contribution in [-0.2, 0) is 0 Å². The second-order valence-electron chi connectivity index (χ2n) is 2.75. The van der Waals surface area contributed by atoms with E-state index in [1.165, 1.54) is 0 Å². The summed E-state index contributed by atoms with van der Waals surface area (Å²) >= 11 is 0. The van der Waals surface area contributed by atoms with E-state index in [9.17, 15) is 10.1 Å². The topological polar surface area (TPSA) is 69.2 Å². The third kappa shape index (κ3) is 1.39. The maximum Gasteiger partial charge on any atom is 0.284 e. The van der Waals surface area contributed by atoms with Crippen molar-refractivity contribution >= 4 is 0 Å². The molecule has 1 unspecified atom stereocenters. The molecule has 0 amide bonds. The van der Waals surface area contributed by atoms with Crippen LogP contribution in [0.1, 0.15) is 13.3 Å². The van der Waals surface area contributed by atoms with Crippen LogP contribution in [0.25, 0.3) is 0 Å². The molecule has 0 spiro atoms. The average Bonchev–Trinajstić information content (AvgIpc) is 2.63. The van der Waals surface area contributed by atoms with E-state index in [0.29, 0.717) is 5.92 Å². The summed E-state index contributed by atoms with van der Waals surface area (Å²) in [5.41, 5.74) is 6.51. The van der Waals surface area contributed by atoms with Crippen LogP contribution in [-0.4, -0.2) is 4.92 Å². The second-order valence-corrected chi connectivity index (χ2v) is 2.75. The first-order valence-electron chi connectivity index (χ1n) is 3.36. The van der Waals surface area contributed by atoms with E-state index < -0.39 is 4.92 Å². The summed E-state index contributed by atoms with van der Waals surface area (Å²) in [5.74, 6) is 0.409. The zero-order valence-corrected chi connectivity index (χ0v) is 6.33. The summed E-state index contributed by atoms with van der Waals surface area (Å²) in [5, 5.41) is 10.2. The highest BCUT2D eigenvalue weighted by Gasteiger charge is 2.31. The predicted molar refractivity (Wildman–Crippen MR) is 41.1 cm³/mol. The molecule has 0 saturated heterocycles. The molecule has 0 aliphatic heterocycles. The molecular formula is C7H10N2O2. The summed E-state index contributed by atoms with van der Waals surface area (Å²) in [4.78, 5) is 9.62. The Morgan fingerprint density at radius 1 is 1.91 bits per heavy atom. The quantitative estimate of drug-likeness (QED) is 0.477. The minimum atomic E-state index is -0.548. The molecule has 1 saturated carbocycles. The second kappa shape index (κ2) is 2.38. The molecule has 1 atom stereocenters. The Morgan fingerprint density at radius 2 is 2.36 bits per heavy atom. The normalized spacial score (nSPS) is 26.1. The molecule has 0 aromatic heterocycles. The lowest BCUT2D eigenvalue weighted by molar-refractivity contribution is -0.420. The van der Waals surface area contributed by atoms with E-state index in [0.717, 1.165) is 12.0 Å². The fourth-order valence-electron chi connectivity index (χ4n) is 0.930. The maximum absolute atomic E-state index is 10.2. The van der Waals surface area contributed by atoms with Gasteiger partial charge in [-0.05, 0) is 24.5 Å². The van der Waals surface area contributed by atoms with Crippen molar-refractivity contribution in [2.24, 2.45) is 11.7 Å². The van der Waals surface area contributed by atoms with Crippen LogP contribution >= 0.6 is 0 Å². The van der Waals surface area contributed by atoms with Crippen molar-refractivity contribution in [2.45, 2.75) is 13.3 Å². The first-order chi connectivity index (χ1) is 5.04. The first kappa shape index (κ1) is 7.78. The van der Waals surface area contributed by atoms with Gasteiger partial charge < -0.3 is 5.73 Å². The lowest BCUT2D eigenvalue weighted by atomic mass is 10.3. The Kier molecular flexibility index (Phi) is 1.68. The number of rotatable bonds is 2. The highest BCUT2D eigenvalue weighted by molar-refractivity contribution is 5.35. The molecule has 0 aromatic carbocycles. The Labute approximate surface area is 64.5 Å². The Balaban J connectivity index is 2.77. The van der Waals surface area contributed by atoms with Gasteiger partial charge in [-0.1, -0.05) is 6.92 Å². The van der Waals surface area contributed by atoms with E-state index in [2.05, 4.69) is 6.58 Å². The molecule has 1 aliphatic carbocycles. The van der Waals surface area contributed by atoms with Gasteiger partial charge in [0.15, 0.2) is 0 Å². The van der Waals surface area contributed by atoms with E-state index in [1.807, 2.05) is 6.92 Å². The molecule has 1 rings (SSSR count). The Hall–Kier alpha value is -1.32. The van der Waals surface area contributed by atoms with Gasteiger partial charge in [0, 0.05) is 0 Å². The fourth-order valence-corrected chi connectivity index (χ4v) is 0.930. The standard InChI is InChI=1S/C7H10N2O2/c1-4-3-6(4)7(8)5(2)9(10)11/h4H,2-3,8H2,1H3/b7-6+. The SMILES string of the molecule is C=C(/C(N)=C1/CC1C)[N+](=O)[O-]. The smallest absolute Gasteiger partial charge is 0.284 e. The molecule has 0 radical (unpaired) electrons. The van der Waals surface area contributed by atoms with Crippen LogP contribution < -0.4 is 5.73 Å². The third-order valence-electron chi connectivity index (χ3n) is 1.84. The molecule has 4 nitrogen and oxygen atoms in total. The van der Waals surface area contributed by atoms with Crippen LogP contribution in [0.3, 0.4) is 0 Å². The van der Waals surface area contributed by atoms with Gasteiger partial charge in [0.05, 0.1) is 4.92 Å². The van der Waals surface area contributed by atoms with Crippen molar-refractivity contribution in [2.75, 3.05) is 0 Å². The Bertz CT molecular complexity index is 255. The van der Waals surface area contributed by atoms with Crippen LogP contribution in [0, 0.1) is 16.0 Å². The zero-order chi connectivity index (χ0) is 8.59. The number of nitrogens with zero attached hydrogens (tertiary/aromatic N) is 1. The highest BCUT2D eigenvalue weighted by Crippen LogP contribution is 2.39. The average molecular weight is 154 g/mol. The van der Waals surface area contributed by atoms with Gasteiger partial charge >= 0.3 is 0 Å². The van der Waals surface area contributed by atoms with Crippen molar-refractivity contribution < 1.29 is 4.92 Å². The van der Waals surface area contributed by atoms with Crippen LogP contribution in [0.15, 0.2) is 23.5 Å². The van der Waals surface area contributed by atoms with Crippen molar-refractivity contribution in [3.05, 3.63) is 33.7 Å². The highest BCUT2D eigenvalue weighted by atomic mass is 16.6. The van der Waals surface area contributed by atoms with Gasteiger partial charge in [0.2, 0.25) is 0 Å². The summed E-state index contributed by atoms with van der Waals surface area (Å²) in [7, 11) is 0. The number of allylic oxidation sites excluding steroid dienone is 1.